The fraction of sp³-hybridized carbons (Fsp3) is 0.647. The van der Waals surface area contributed by atoms with E-state index in [0.717, 1.165) is 19.0 Å². The lowest BCUT2D eigenvalue weighted by molar-refractivity contribution is 0.0919. The molecule has 0 aromatic heterocycles. The molecule has 2 saturated heterocycles. The van der Waals surface area contributed by atoms with E-state index < -0.39 is 0 Å². The summed E-state index contributed by atoms with van der Waals surface area (Å²) < 4.78 is 0. The lowest BCUT2D eigenvalue weighted by Crippen LogP contribution is -2.56. The van der Waals surface area contributed by atoms with E-state index >= 15 is 0 Å². The molecule has 3 heteroatoms. The highest BCUT2D eigenvalue weighted by atomic mass is 15.2. The van der Waals surface area contributed by atoms with Crippen LogP contribution in [0.5, 0.6) is 0 Å². The van der Waals surface area contributed by atoms with Crippen molar-refractivity contribution >= 4 is 0 Å². The fourth-order valence-corrected chi connectivity index (χ4v) is 3.58. The molecule has 2 aliphatic rings. The molecule has 3 nitrogen and oxygen atoms in total. The number of rotatable bonds is 3. The minimum absolute atomic E-state index is 0.616. The third kappa shape index (κ3) is 3.60. The Kier molecular flexibility index (Phi) is 4.71. The second-order valence-corrected chi connectivity index (χ2v) is 6.37. The average Bonchev–Trinajstić information content (AvgIpc) is 2.49. The van der Waals surface area contributed by atoms with E-state index in [4.69, 9.17) is 0 Å². The highest BCUT2D eigenvalue weighted by Gasteiger charge is 2.27. The summed E-state index contributed by atoms with van der Waals surface area (Å²) in [5, 5.41) is 3.69. The summed E-state index contributed by atoms with van der Waals surface area (Å²) in [6.07, 6.45) is 3.84. The number of likely N-dealkylation sites (tertiary alicyclic amines) is 1. The number of nitrogens with one attached hydrogen (secondary N) is 1. The van der Waals surface area contributed by atoms with Gasteiger partial charge in [-0.3, -0.25) is 4.90 Å². The van der Waals surface area contributed by atoms with Gasteiger partial charge < -0.3 is 10.2 Å². The molecule has 20 heavy (non-hydrogen) atoms. The number of piperazine rings is 1. The van der Waals surface area contributed by atoms with E-state index in [0.29, 0.717) is 6.04 Å². The zero-order valence-electron chi connectivity index (χ0n) is 12.6. The first-order valence-corrected chi connectivity index (χ1v) is 8.01. The summed E-state index contributed by atoms with van der Waals surface area (Å²) in [7, 11) is 2.24. The monoisotopic (exact) mass is 273 g/mol. The Hall–Kier alpha value is -0.900. The Bertz CT molecular complexity index is 398. The lowest BCUT2D eigenvalue weighted by Gasteiger charge is -2.42. The van der Waals surface area contributed by atoms with Crippen molar-refractivity contribution in [1.29, 1.82) is 0 Å². The Morgan fingerprint density at radius 3 is 2.60 bits per heavy atom. The van der Waals surface area contributed by atoms with Crippen LogP contribution in [0.4, 0.5) is 0 Å². The Morgan fingerprint density at radius 1 is 1.10 bits per heavy atom. The summed E-state index contributed by atoms with van der Waals surface area (Å²) in [4.78, 5) is 5.19. The second-order valence-electron chi connectivity index (χ2n) is 6.37. The van der Waals surface area contributed by atoms with Crippen molar-refractivity contribution in [2.75, 3.05) is 39.8 Å². The van der Waals surface area contributed by atoms with Gasteiger partial charge in [0.2, 0.25) is 0 Å². The average molecular weight is 273 g/mol. The van der Waals surface area contributed by atoms with E-state index in [9.17, 15) is 0 Å². The van der Waals surface area contributed by atoms with Gasteiger partial charge in [0, 0.05) is 31.7 Å². The third-order valence-corrected chi connectivity index (χ3v) is 4.82. The number of hydrogen-bond donors (Lipinski definition) is 1. The maximum Gasteiger partial charge on any atom is 0.0236 e. The molecule has 0 amide bonds. The molecule has 1 atom stereocenters. The van der Waals surface area contributed by atoms with Crippen molar-refractivity contribution < 1.29 is 0 Å². The quantitative estimate of drug-likeness (QED) is 0.902. The smallest absolute Gasteiger partial charge is 0.0236 e. The fourth-order valence-electron chi connectivity index (χ4n) is 3.58. The normalized spacial score (nSPS) is 26.8. The van der Waals surface area contributed by atoms with Gasteiger partial charge >= 0.3 is 0 Å². The van der Waals surface area contributed by atoms with Crippen LogP contribution in [0.2, 0.25) is 0 Å². The summed E-state index contributed by atoms with van der Waals surface area (Å²) >= 11 is 0. The predicted octanol–water partition coefficient (Wildman–Crippen LogP) is 1.60. The maximum atomic E-state index is 3.69. The molecule has 110 valence electrons. The summed E-state index contributed by atoms with van der Waals surface area (Å²) in [6.45, 7) is 6.10. The highest BCUT2D eigenvalue weighted by molar-refractivity contribution is 5.16. The molecule has 0 bridgehead atoms. The molecule has 2 heterocycles. The van der Waals surface area contributed by atoms with Crippen molar-refractivity contribution in [2.45, 2.75) is 31.3 Å². The van der Waals surface area contributed by atoms with Crippen LogP contribution in [0.15, 0.2) is 30.3 Å². The Balaban J connectivity index is 1.54. The molecule has 2 fully saturated rings. The molecular formula is C17H27N3. The molecule has 1 aromatic rings. The van der Waals surface area contributed by atoms with Crippen LogP contribution in [-0.2, 0) is 6.42 Å². The molecule has 2 aliphatic heterocycles. The number of nitrogens with zero attached hydrogens (tertiary/aromatic N) is 2. The SMILES string of the molecule is CN1CCC(N2CCNC(Cc3ccccc3)C2)CC1. The van der Waals surface area contributed by atoms with E-state index in [-0.39, 0.29) is 0 Å². The van der Waals surface area contributed by atoms with Crippen molar-refractivity contribution in [3.63, 3.8) is 0 Å². The molecule has 1 aromatic carbocycles. The zero-order chi connectivity index (χ0) is 13.8. The van der Waals surface area contributed by atoms with Gasteiger partial charge in [0.1, 0.15) is 0 Å². The van der Waals surface area contributed by atoms with Crippen LogP contribution < -0.4 is 5.32 Å². The molecule has 0 radical (unpaired) electrons. The molecule has 1 N–H and O–H groups in total. The van der Waals surface area contributed by atoms with Gasteiger partial charge in [0.25, 0.3) is 0 Å². The molecule has 1 unspecified atom stereocenters. The molecule has 0 aliphatic carbocycles. The molecule has 3 rings (SSSR count). The number of hydrogen-bond acceptors (Lipinski definition) is 3. The van der Waals surface area contributed by atoms with Crippen molar-refractivity contribution in [1.82, 2.24) is 15.1 Å². The van der Waals surface area contributed by atoms with Crippen LogP contribution in [0.1, 0.15) is 18.4 Å². The molecule has 0 saturated carbocycles. The van der Waals surface area contributed by atoms with Crippen molar-refractivity contribution in [2.24, 2.45) is 0 Å². The van der Waals surface area contributed by atoms with Gasteiger partial charge in [-0.15, -0.1) is 0 Å². The van der Waals surface area contributed by atoms with Gasteiger partial charge in [-0.05, 0) is 45.0 Å². The number of piperidine rings is 1. The summed E-state index contributed by atoms with van der Waals surface area (Å²) in [6, 6.07) is 12.3. The second kappa shape index (κ2) is 6.70. The lowest BCUT2D eigenvalue weighted by atomic mass is 9.99. The van der Waals surface area contributed by atoms with Gasteiger partial charge in [0.15, 0.2) is 0 Å². The van der Waals surface area contributed by atoms with Gasteiger partial charge in [-0.2, -0.15) is 0 Å². The largest absolute Gasteiger partial charge is 0.311 e. The van der Waals surface area contributed by atoms with E-state index in [1.54, 1.807) is 0 Å². The van der Waals surface area contributed by atoms with E-state index in [2.05, 4.69) is 52.5 Å². The number of benzene rings is 1. The molecular weight excluding hydrogens is 246 g/mol. The van der Waals surface area contributed by atoms with E-state index in [1.807, 2.05) is 0 Å². The summed E-state index contributed by atoms with van der Waals surface area (Å²) in [5.74, 6) is 0. The predicted molar refractivity (Wildman–Crippen MR) is 84.0 cm³/mol. The van der Waals surface area contributed by atoms with Crippen LogP contribution >= 0.6 is 0 Å². The Morgan fingerprint density at radius 2 is 1.85 bits per heavy atom. The van der Waals surface area contributed by atoms with Crippen molar-refractivity contribution in [3.05, 3.63) is 35.9 Å². The minimum atomic E-state index is 0.616. The maximum absolute atomic E-state index is 3.69. The minimum Gasteiger partial charge on any atom is -0.311 e. The Labute approximate surface area is 123 Å². The van der Waals surface area contributed by atoms with E-state index in [1.165, 1.54) is 44.6 Å². The van der Waals surface area contributed by atoms with Crippen LogP contribution in [0.3, 0.4) is 0 Å². The zero-order valence-corrected chi connectivity index (χ0v) is 12.6. The van der Waals surface area contributed by atoms with Crippen molar-refractivity contribution in [3.8, 4) is 0 Å². The van der Waals surface area contributed by atoms with Gasteiger partial charge in [-0.1, -0.05) is 30.3 Å². The first kappa shape index (κ1) is 14.1. The third-order valence-electron chi connectivity index (χ3n) is 4.82. The van der Waals surface area contributed by atoms with Crippen LogP contribution in [0.25, 0.3) is 0 Å². The standard InChI is InChI=1S/C17H27N3/c1-19-10-7-17(8-11-19)20-12-9-18-16(14-20)13-15-5-3-2-4-6-15/h2-6,16-18H,7-14H2,1H3. The first-order valence-electron chi connectivity index (χ1n) is 8.01. The van der Waals surface area contributed by atoms with Crippen LogP contribution in [0, 0.1) is 0 Å². The van der Waals surface area contributed by atoms with Crippen LogP contribution in [-0.4, -0.2) is 61.7 Å². The summed E-state index contributed by atoms with van der Waals surface area (Å²) in [5.41, 5.74) is 1.45. The molecule has 0 spiro atoms. The van der Waals surface area contributed by atoms with Gasteiger partial charge in [-0.25, -0.2) is 0 Å². The topological polar surface area (TPSA) is 18.5 Å². The highest BCUT2D eigenvalue weighted by Crippen LogP contribution is 2.18. The van der Waals surface area contributed by atoms with Gasteiger partial charge in [0.05, 0.1) is 0 Å². The first-order chi connectivity index (χ1) is 9.81.